The lowest BCUT2D eigenvalue weighted by Crippen LogP contribution is -2.11. The Hall–Kier alpha value is -1.18. The molecule has 3 aromatic rings. The number of thioether (sulfide) groups is 1. The predicted molar refractivity (Wildman–Crippen MR) is 86.0 cm³/mol. The topological polar surface area (TPSA) is 58.6 Å². The first-order chi connectivity index (χ1) is 9.72. The molecule has 3 aromatic heterocycles. The summed E-state index contributed by atoms with van der Waals surface area (Å²) in [6, 6.07) is 0. The highest BCUT2D eigenvalue weighted by Gasteiger charge is 2.20. The monoisotopic (exact) mass is 321 g/mol. The van der Waals surface area contributed by atoms with Gasteiger partial charge in [0.15, 0.2) is 10.8 Å². The summed E-state index contributed by atoms with van der Waals surface area (Å²) < 4.78 is 0. The van der Waals surface area contributed by atoms with Crippen LogP contribution in [0.15, 0.2) is 11.0 Å². The third-order valence-electron chi connectivity index (χ3n) is 3.30. The van der Waals surface area contributed by atoms with Crippen molar-refractivity contribution in [1.29, 1.82) is 0 Å². The molecule has 0 spiro atoms. The molecule has 0 saturated heterocycles. The van der Waals surface area contributed by atoms with Crippen LogP contribution in [0, 0.1) is 6.92 Å². The molecule has 1 N–H and O–H groups in total. The summed E-state index contributed by atoms with van der Waals surface area (Å²) in [6.45, 7) is 2.00. The third kappa shape index (κ3) is 1.92. The van der Waals surface area contributed by atoms with E-state index in [2.05, 4.69) is 15.0 Å². The Morgan fingerprint density at radius 1 is 1.35 bits per heavy atom. The van der Waals surface area contributed by atoms with E-state index in [0.717, 1.165) is 38.0 Å². The van der Waals surface area contributed by atoms with Crippen molar-refractivity contribution >= 4 is 44.7 Å². The van der Waals surface area contributed by atoms with E-state index in [1.807, 2.05) is 18.7 Å². The fourth-order valence-electron chi connectivity index (χ4n) is 2.40. The molecule has 4 nitrogen and oxygen atoms in total. The van der Waals surface area contributed by atoms with Gasteiger partial charge in [-0.25, -0.2) is 9.97 Å². The van der Waals surface area contributed by atoms with E-state index in [-0.39, 0.29) is 5.56 Å². The van der Waals surface area contributed by atoms with Gasteiger partial charge in [0.05, 0.1) is 5.39 Å². The van der Waals surface area contributed by atoms with Gasteiger partial charge in [-0.3, -0.25) is 4.79 Å². The molecular formula is C13H11N3OS3. The molecule has 7 heteroatoms. The quantitative estimate of drug-likeness (QED) is 0.748. The molecule has 0 amide bonds. The average molecular weight is 321 g/mol. The zero-order chi connectivity index (χ0) is 13.7. The van der Waals surface area contributed by atoms with Gasteiger partial charge in [-0.15, -0.1) is 22.7 Å². The van der Waals surface area contributed by atoms with Gasteiger partial charge in [0.25, 0.3) is 5.56 Å². The van der Waals surface area contributed by atoms with E-state index in [9.17, 15) is 4.79 Å². The van der Waals surface area contributed by atoms with Crippen molar-refractivity contribution in [1.82, 2.24) is 15.0 Å². The van der Waals surface area contributed by atoms with Crippen molar-refractivity contribution in [2.45, 2.75) is 19.1 Å². The Morgan fingerprint density at radius 3 is 3.05 bits per heavy atom. The standard InChI is InChI=1S/C13H11N3OS3/c1-6-4-14-13(19-6)10-15-11(17)9-7-2-3-18-5-8(7)20-12(9)16-10/h4H,2-3,5H2,1H3,(H,15,16,17). The first-order valence-electron chi connectivity index (χ1n) is 6.27. The van der Waals surface area contributed by atoms with Crippen LogP contribution in [0.5, 0.6) is 0 Å². The Balaban J connectivity index is 1.97. The van der Waals surface area contributed by atoms with E-state index in [1.54, 1.807) is 28.9 Å². The number of nitrogens with one attached hydrogen (secondary N) is 1. The number of aromatic amines is 1. The molecule has 0 atom stereocenters. The molecule has 1 aliphatic heterocycles. The maximum atomic E-state index is 12.4. The summed E-state index contributed by atoms with van der Waals surface area (Å²) in [4.78, 5) is 27.5. The zero-order valence-corrected chi connectivity index (χ0v) is 13.2. The third-order valence-corrected chi connectivity index (χ3v) is 6.51. The van der Waals surface area contributed by atoms with Crippen LogP contribution in [0.25, 0.3) is 21.0 Å². The second-order valence-corrected chi connectivity index (χ2v) is 8.10. The molecule has 1 aliphatic rings. The lowest BCUT2D eigenvalue weighted by molar-refractivity contribution is 1.11. The van der Waals surface area contributed by atoms with E-state index >= 15 is 0 Å². The minimum Gasteiger partial charge on any atom is -0.304 e. The van der Waals surface area contributed by atoms with E-state index in [4.69, 9.17) is 0 Å². The molecule has 4 rings (SSSR count). The lowest BCUT2D eigenvalue weighted by Gasteiger charge is -2.09. The summed E-state index contributed by atoms with van der Waals surface area (Å²) in [6.07, 6.45) is 2.78. The smallest absolute Gasteiger partial charge is 0.260 e. The number of thiazole rings is 1. The number of nitrogens with zero attached hydrogens (tertiary/aromatic N) is 2. The fourth-order valence-corrected chi connectivity index (χ4v) is 5.46. The van der Waals surface area contributed by atoms with Crippen LogP contribution in [0.1, 0.15) is 15.3 Å². The fraction of sp³-hybridized carbons (Fsp3) is 0.308. The molecule has 20 heavy (non-hydrogen) atoms. The number of aryl methyl sites for hydroxylation is 2. The first kappa shape index (κ1) is 12.6. The summed E-state index contributed by atoms with van der Waals surface area (Å²) in [5.41, 5.74) is 1.18. The number of thiophene rings is 1. The van der Waals surface area contributed by atoms with Crippen molar-refractivity contribution in [2.24, 2.45) is 0 Å². The Kier molecular flexibility index (Phi) is 2.94. The van der Waals surface area contributed by atoms with Gasteiger partial charge in [0.2, 0.25) is 0 Å². The van der Waals surface area contributed by atoms with Crippen molar-refractivity contribution in [2.75, 3.05) is 5.75 Å². The van der Waals surface area contributed by atoms with Crippen LogP contribution in [0.4, 0.5) is 0 Å². The van der Waals surface area contributed by atoms with E-state index in [1.165, 1.54) is 10.4 Å². The molecule has 0 aromatic carbocycles. The van der Waals surface area contributed by atoms with Crippen LogP contribution < -0.4 is 5.56 Å². The number of hydrogen-bond acceptors (Lipinski definition) is 6. The summed E-state index contributed by atoms with van der Waals surface area (Å²) in [5.74, 6) is 2.68. The average Bonchev–Trinajstić information content (AvgIpc) is 3.01. The molecule has 0 bridgehead atoms. The molecular weight excluding hydrogens is 310 g/mol. The van der Waals surface area contributed by atoms with Crippen molar-refractivity contribution in [3.8, 4) is 10.8 Å². The van der Waals surface area contributed by atoms with E-state index in [0.29, 0.717) is 5.82 Å². The molecule has 0 fully saturated rings. The van der Waals surface area contributed by atoms with E-state index < -0.39 is 0 Å². The SMILES string of the molecule is Cc1cnc(-c2nc3sc4c(c3c(=O)[nH]2)CCSC4)s1. The van der Waals surface area contributed by atoms with Crippen LogP contribution >= 0.6 is 34.4 Å². The number of fused-ring (bicyclic) bond motifs is 3. The summed E-state index contributed by atoms with van der Waals surface area (Å²) in [5, 5.41) is 1.57. The molecule has 0 radical (unpaired) electrons. The summed E-state index contributed by atoms with van der Waals surface area (Å²) in [7, 11) is 0. The molecule has 0 saturated carbocycles. The van der Waals surface area contributed by atoms with Crippen LogP contribution in [-0.4, -0.2) is 20.7 Å². The largest absolute Gasteiger partial charge is 0.304 e. The number of H-pyrrole nitrogens is 1. The van der Waals surface area contributed by atoms with Gasteiger partial charge in [0, 0.05) is 21.7 Å². The highest BCUT2D eigenvalue weighted by molar-refractivity contribution is 7.98. The maximum absolute atomic E-state index is 12.4. The van der Waals surface area contributed by atoms with Gasteiger partial charge in [0.1, 0.15) is 4.83 Å². The Bertz CT molecular complexity index is 861. The lowest BCUT2D eigenvalue weighted by atomic mass is 10.1. The highest BCUT2D eigenvalue weighted by Crippen LogP contribution is 2.36. The van der Waals surface area contributed by atoms with Crippen LogP contribution in [-0.2, 0) is 12.2 Å². The number of aromatic nitrogens is 3. The normalized spacial score (nSPS) is 14.7. The summed E-state index contributed by atoms with van der Waals surface area (Å²) >= 11 is 5.13. The van der Waals surface area contributed by atoms with Crippen LogP contribution in [0.3, 0.4) is 0 Å². The van der Waals surface area contributed by atoms with Gasteiger partial charge in [-0.05, 0) is 24.7 Å². The number of hydrogen-bond donors (Lipinski definition) is 1. The van der Waals surface area contributed by atoms with Crippen molar-refractivity contribution < 1.29 is 0 Å². The van der Waals surface area contributed by atoms with Gasteiger partial charge in [-0.1, -0.05) is 0 Å². The van der Waals surface area contributed by atoms with Crippen molar-refractivity contribution in [3.63, 3.8) is 0 Å². The van der Waals surface area contributed by atoms with Gasteiger partial charge in [-0.2, -0.15) is 11.8 Å². The van der Waals surface area contributed by atoms with Crippen molar-refractivity contribution in [3.05, 3.63) is 31.9 Å². The Labute approximate surface area is 127 Å². The molecule has 102 valence electrons. The van der Waals surface area contributed by atoms with Crippen LogP contribution in [0.2, 0.25) is 0 Å². The second kappa shape index (κ2) is 4.68. The molecule has 0 aliphatic carbocycles. The number of rotatable bonds is 1. The minimum absolute atomic E-state index is 0.0257. The highest BCUT2D eigenvalue weighted by atomic mass is 32.2. The maximum Gasteiger partial charge on any atom is 0.260 e. The minimum atomic E-state index is -0.0257. The predicted octanol–water partition coefficient (Wildman–Crippen LogP) is 3.21. The molecule has 0 unspecified atom stereocenters. The zero-order valence-electron chi connectivity index (χ0n) is 10.7. The van der Waals surface area contributed by atoms with Gasteiger partial charge < -0.3 is 4.98 Å². The van der Waals surface area contributed by atoms with Gasteiger partial charge >= 0.3 is 0 Å². The first-order valence-corrected chi connectivity index (χ1v) is 9.06. The second-order valence-electron chi connectivity index (χ2n) is 4.68. The molecule has 4 heterocycles. The Morgan fingerprint density at radius 2 is 2.25 bits per heavy atom.